The summed E-state index contributed by atoms with van der Waals surface area (Å²) in [4.78, 5) is 4.37. The molecule has 0 aliphatic carbocycles. The van der Waals surface area contributed by atoms with E-state index in [1.807, 2.05) is 13.1 Å². The van der Waals surface area contributed by atoms with Gasteiger partial charge in [-0.05, 0) is 53.9 Å². The highest BCUT2D eigenvalue weighted by atomic mass is 79.9. The largest absolute Gasteiger partial charge is 0.369 e. The predicted molar refractivity (Wildman–Crippen MR) is 75.4 cm³/mol. The van der Waals surface area contributed by atoms with Crippen molar-refractivity contribution in [2.24, 2.45) is 0 Å². The Kier molecular flexibility index (Phi) is 4.57. The summed E-state index contributed by atoms with van der Waals surface area (Å²) in [5, 5.41) is 6.69. The van der Waals surface area contributed by atoms with E-state index in [-0.39, 0.29) is 0 Å². The lowest BCUT2D eigenvalue weighted by Gasteiger charge is -2.14. The van der Waals surface area contributed by atoms with Crippen LogP contribution >= 0.6 is 15.9 Å². The zero-order chi connectivity index (χ0) is 12.1. The summed E-state index contributed by atoms with van der Waals surface area (Å²) in [6.07, 6.45) is 6.45. The van der Waals surface area contributed by atoms with Crippen molar-refractivity contribution in [3.05, 3.63) is 33.9 Å². The fourth-order valence-electron chi connectivity index (χ4n) is 1.90. The molecule has 1 aromatic rings. The van der Waals surface area contributed by atoms with Gasteiger partial charge < -0.3 is 10.6 Å². The minimum atomic E-state index is 0.935. The van der Waals surface area contributed by atoms with Crippen molar-refractivity contribution in [1.82, 2.24) is 10.3 Å². The molecule has 0 saturated heterocycles. The fraction of sp³-hybridized carbons (Fsp3) is 0.462. The first-order valence-electron chi connectivity index (χ1n) is 6.00. The highest BCUT2D eigenvalue weighted by Gasteiger charge is 2.04. The van der Waals surface area contributed by atoms with Crippen molar-refractivity contribution in [3.8, 4) is 0 Å². The Labute approximate surface area is 111 Å². The van der Waals surface area contributed by atoms with Crippen molar-refractivity contribution in [1.29, 1.82) is 0 Å². The zero-order valence-electron chi connectivity index (χ0n) is 10.1. The summed E-state index contributed by atoms with van der Waals surface area (Å²) in [5.74, 6) is 0.935. The van der Waals surface area contributed by atoms with E-state index < -0.39 is 0 Å². The van der Waals surface area contributed by atoms with Crippen LogP contribution in [0, 0.1) is 6.92 Å². The topological polar surface area (TPSA) is 37.0 Å². The van der Waals surface area contributed by atoms with Gasteiger partial charge in [0.15, 0.2) is 0 Å². The van der Waals surface area contributed by atoms with Gasteiger partial charge in [0, 0.05) is 19.3 Å². The molecule has 0 atom stereocenters. The van der Waals surface area contributed by atoms with Crippen LogP contribution in [0.3, 0.4) is 0 Å². The number of anilines is 1. The molecule has 2 heterocycles. The second-order valence-corrected chi connectivity index (χ2v) is 5.19. The summed E-state index contributed by atoms with van der Waals surface area (Å²) in [6.45, 7) is 5.11. The average molecular weight is 296 g/mol. The normalized spacial score (nSPS) is 15.5. The lowest BCUT2D eigenvalue weighted by atomic mass is 10.1. The van der Waals surface area contributed by atoms with Crippen molar-refractivity contribution in [3.63, 3.8) is 0 Å². The second-order valence-electron chi connectivity index (χ2n) is 4.34. The number of halogens is 1. The Balaban J connectivity index is 1.83. The van der Waals surface area contributed by atoms with E-state index in [2.05, 4.69) is 43.7 Å². The van der Waals surface area contributed by atoms with Gasteiger partial charge in [0.25, 0.3) is 0 Å². The number of nitrogens with zero attached hydrogens (tertiary/aromatic N) is 1. The summed E-state index contributed by atoms with van der Waals surface area (Å²) < 4.78 is 1.04. The van der Waals surface area contributed by atoms with E-state index >= 15 is 0 Å². The molecule has 0 saturated carbocycles. The van der Waals surface area contributed by atoms with Gasteiger partial charge in [0.1, 0.15) is 5.82 Å². The molecule has 92 valence electrons. The van der Waals surface area contributed by atoms with Gasteiger partial charge in [-0.15, -0.1) is 0 Å². The first kappa shape index (κ1) is 12.6. The average Bonchev–Trinajstić information content (AvgIpc) is 2.33. The van der Waals surface area contributed by atoms with Gasteiger partial charge in [-0.2, -0.15) is 0 Å². The molecular formula is C13H18BrN3. The lowest BCUT2D eigenvalue weighted by Crippen LogP contribution is -2.21. The van der Waals surface area contributed by atoms with Crippen LogP contribution in [0.2, 0.25) is 0 Å². The minimum absolute atomic E-state index is 0.935. The van der Waals surface area contributed by atoms with Crippen LogP contribution in [0.5, 0.6) is 0 Å². The van der Waals surface area contributed by atoms with Crippen molar-refractivity contribution < 1.29 is 0 Å². The molecule has 2 rings (SSSR count). The highest BCUT2D eigenvalue weighted by molar-refractivity contribution is 9.10. The van der Waals surface area contributed by atoms with Crippen LogP contribution in [0.25, 0.3) is 0 Å². The first-order chi connectivity index (χ1) is 8.25. The van der Waals surface area contributed by atoms with Gasteiger partial charge in [0.2, 0.25) is 0 Å². The highest BCUT2D eigenvalue weighted by Crippen LogP contribution is 2.20. The summed E-state index contributed by atoms with van der Waals surface area (Å²) in [7, 11) is 0. The van der Waals surface area contributed by atoms with Crippen LogP contribution in [0.15, 0.2) is 28.4 Å². The first-order valence-corrected chi connectivity index (χ1v) is 6.79. The molecule has 1 aromatic heterocycles. The minimum Gasteiger partial charge on any atom is -0.369 e. The van der Waals surface area contributed by atoms with E-state index in [4.69, 9.17) is 0 Å². The van der Waals surface area contributed by atoms with E-state index in [0.29, 0.717) is 0 Å². The van der Waals surface area contributed by atoms with Crippen molar-refractivity contribution >= 4 is 21.7 Å². The zero-order valence-corrected chi connectivity index (χ0v) is 11.7. The fourth-order valence-corrected chi connectivity index (χ4v) is 2.51. The SMILES string of the molecule is Cc1cnc(NCCC2=CCNCC2)c(Br)c1. The third-order valence-electron chi connectivity index (χ3n) is 2.87. The molecule has 0 bridgehead atoms. The van der Waals surface area contributed by atoms with Crippen molar-refractivity contribution in [2.75, 3.05) is 25.0 Å². The number of nitrogens with one attached hydrogen (secondary N) is 2. The molecule has 0 aromatic carbocycles. The Hall–Kier alpha value is -0.870. The molecule has 0 radical (unpaired) electrons. The number of aryl methyl sites for hydroxylation is 1. The quantitative estimate of drug-likeness (QED) is 0.839. The molecule has 0 spiro atoms. The van der Waals surface area contributed by atoms with Crippen LogP contribution < -0.4 is 10.6 Å². The maximum absolute atomic E-state index is 4.37. The molecule has 1 aliphatic rings. The third-order valence-corrected chi connectivity index (χ3v) is 3.48. The standard InChI is InChI=1S/C13H18BrN3/c1-10-8-12(14)13(17-9-10)16-7-4-11-2-5-15-6-3-11/h2,8-9,15H,3-7H2,1H3,(H,16,17). The molecule has 4 heteroatoms. The monoisotopic (exact) mass is 295 g/mol. The van der Waals surface area contributed by atoms with Crippen molar-refractivity contribution in [2.45, 2.75) is 19.8 Å². The Morgan fingerprint density at radius 3 is 3.12 bits per heavy atom. The molecule has 1 aliphatic heterocycles. The van der Waals surface area contributed by atoms with E-state index in [1.165, 1.54) is 12.0 Å². The molecule has 3 nitrogen and oxygen atoms in total. The summed E-state index contributed by atoms with van der Waals surface area (Å²) in [6, 6.07) is 2.08. The Morgan fingerprint density at radius 2 is 2.41 bits per heavy atom. The number of hydrogen-bond acceptors (Lipinski definition) is 3. The maximum Gasteiger partial charge on any atom is 0.140 e. The van der Waals surface area contributed by atoms with Gasteiger partial charge in [-0.25, -0.2) is 4.98 Å². The number of aromatic nitrogens is 1. The molecule has 0 amide bonds. The Bertz CT molecular complexity index is 415. The van der Waals surface area contributed by atoms with Crippen LogP contribution in [0.1, 0.15) is 18.4 Å². The number of pyridine rings is 1. The van der Waals surface area contributed by atoms with E-state index in [1.54, 1.807) is 5.57 Å². The number of hydrogen-bond donors (Lipinski definition) is 2. The molecular weight excluding hydrogens is 278 g/mol. The van der Waals surface area contributed by atoms with Crippen LogP contribution in [0.4, 0.5) is 5.82 Å². The summed E-state index contributed by atoms with van der Waals surface area (Å²) in [5.41, 5.74) is 2.71. The van der Waals surface area contributed by atoms with E-state index in [9.17, 15) is 0 Å². The number of rotatable bonds is 4. The second kappa shape index (κ2) is 6.17. The van der Waals surface area contributed by atoms with Crippen LogP contribution in [-0.4, -0.2) is 24.6 Å². The maximum atomic E-state index is 4.37. The van der Waals surface area contributed by atoms with Gasteiger partial charge in [-0.3, -0.25) is 0 Å². The van der Waals surface area contributed by atoms with Crippen LogP contribution in [-0.2, 0) is 0 Å². The molecule has 2 N–H and O–H groups in total. The van der Waals surface area contributed by atoms with Gasteiger partial charge >= 0.3 is 0 Å². The lowest BCUT2D eigenvalue weighted by molar-refractivity contribution is 0.683. The molecule has 0 fully saturated rings. The Morgan fingerprint density at radius 1 is 1.53 bits per heavy atom. The smallest absolute Gasteiger partial charge is 0.140 e. The summed E-state index contributed by atoms with van der Waals surface area (Å²) >= 11 is 3.52. The predicted octanol–water partition coefficient (Wildman–Crippen LogP) is 2.87. The van der Waals surface area contributed by atoms with Gasteiger partial charge in [0.05, 0.1) is 4.47 Å². The molecule has 0 unspecified atom stereocenters. The van der Waals surface area contributed by atoms with E-state index in [0.717, 1.165) is 36.3 Å². The molecule has 17 heavy (non-hydrogen) atoms. The third kappa shape index (κ3) is 3.82. The van der Waals surface area contributed by atoms with Gasteiger partial charge in [-0.1, -0.05) is 11.6 Å².